The SMILES string of the molecule is CC1CN(C(=O)c2cccc(F)c2)CC(C)N1CCc1ccccc1. The predicted octanol–water partition coefficient (Wildman–Crippen LogP) is 3.60. The second kappa shape index (κ2) is 7.79. The molecule has 3 nitrogen and oxygen atoms in total. The molecule has 0 radical (unpaired) electrons. The van der Waals surface area contributed by atoms with E-state index < -0.39 is 0 Å². The third kappa shape index (κ3) is 4.26. The lowest BCUT2D eigenvalue weighted by Gasteiger charge is -2.44. The molecule has 1 heterocycles. The second-order valence-electron chi connectivity index (χ2n) is 6.89. The molecule has 1 aliphatic rings. The molecule has 0 bridgehead atoms. The fourth-order valence-electron chi connectivity index (χ4n) is 3.67. The summed E-state index contributed by atoms with van der Waals surface area (Å²) in [7, 11) is 0. The summed E-state index contributed by atoms with van der Waals surface area (Å²) in [6.07, 6.45) is 1.01. The van der Waals surface area contributed by atoms with Crippen molar-refractivity contribution in [3.8, 4) is 0 Å². The van der Waals surface area contributed by atoms with Crippen LogP contribution in [0.4, 0.5) is 4.39 Å². The molecule has 1 saturated heterocycles. The number of hydrogen-bond acceptors (Lipinski definition) is 2. The van der Waals surface area contributed by atoms with Crippen molar-refractivity contribution in [3.05, 3.63) is 71.5 Å². The molecule has 0 N–H and O–H groups in total. The average molecular weight is 340 g/mol. The summed E-state index contributed by atoms with van der Waals surface area (Å²) >= 11 is 0. The molecule has 0 saturated carbocycles. The number of benzene rings is 2. The highest BCUT2D eigenvalue weighted by atomic mass is 19.1. The molecule has 2 aromatic carbocycles. The highest BCUT2D eigenvalue weighted by Gasteiger charge is 2.31. The van der Waals surface area contributed by atoms with Crippen LogP contribution in [0, 0.1) is 5.82 Å². The number of rotatable bonds is 4. The van der Waals surface area contributed by atoms with E-state index in [0.29, 0.717) is 18.7 Å². The molecule has 0 aliphatic carbocycles. The van der Waals surface area contributed by atoms with Crippen LogP contribution in [0.5, 0.6) is 0 Å². The zero-order valence-electron chi connectivity index (χ0n) is 14.9. The molecule has 0 spiro atoms. The van der Waals surface area contributed by atoms with E-state index in [1.807, 2.05) is 11.0 Å². The van der Waals surface area contributed by atoms with Gasteiger partial charge in [0.2, 0.25) is 0 Å². The normalized spacial score (nSPS) is 21.3. The van der Waals surface area contributed by atoms with E-state index in [1.165, 1.54) is 17.7 Å². The smallest absolute Gasteiger partial charge is 0.254 e. The minimum atomic E-state index is -0.367. The minimum absolute atomic E-state index is 0.0825. The van der Waals surface area contributed by atoms with Crippen LogP contribution >= 0.6 is 0 Å². The number of halogens is 1. The van der Waals surface area contributed by atoms with Gasteiger partial charge < -0.3 is 4.90 Å². The third-order valence-corrected chi connectivity index (χ3v) is 4.96. The summed E-state index contributed by atoms with van der Waals surface area (Å²) in [6.45, 7) is 6.65. The highest BCUT2D eigenvalue weighted by Crippen LogP contribution is 2.19. The highest BCUT2D eigenvalue weighted by molar-refractivity contribution is 5.94. The Morgan fingerprint density at radius 3 is 2.36 bits per heavy atom. The molecule has 1 fully saturated rings. The van der Waals surface area contributed by atoms with Gasteiger partial charge in [0.15, 0.2) is 0 Å². The Balaban J connectivity index is 1.62. The van der Waals surface area contributed by atoms with E-state index in [2.05, 4.69) is 43.0 Å². The third-order valence-electron chi connectivity index (χ3n) is 4.96. The van der Waals surface area contributed by atoms with Crippen molar-refractivity contribution in [1.29, 1.82) is 0 Å². The van der Waals surface area contributed by atoms with Crippen molar-refractivity contribution in [2.24, 2.45) is 0 Å². The molecule has 2 unspecified atom stereocenters. The fraction of sp³-hybridized carbons (Fsp3) is 0.381. The Morgan fingerprint density at radius 2 is 1.72 bits per heavy atom. The largest absolute Gasteiger partial charge is 0.336 e. The number of carbonyl (C=O) groups excluding carboxylic acids is 1. The standard InChI is InChI=1S/C21H25FN2O/c1-16-14-23(21(25)19-9-6-10-20(22)13-19)15-17(2)24(16)12-11-18-7-4-3-5-8-18/h3-10,13,16-17H,11-12,14-15H2,1-2H3. The maximum Gasteiger partial charge on any atom is 0.254 e. The summed E-state index contributed by atoms with van der Waals surface area (Å²) in [5.74, 6) is -0.450. The van der Waals surface area contributed by atoms with Gasteiger partial charge in [0.25, 0.3) is 5.91 Å². The number of hydrogen-bond donors (Lipinski definition) is 0. The molecule has 25 heavy (non-hydrogen) atoms. The molecule has 1 amide bonds. The molecule has 0 aromatic heterocycles. The average Bonchev–Trinajstić information content (AvgIpc) is 2.61. The Labute approximate surface area is 149 Å². The fourth-order valence-corrected chi connectivity index (χ4v) is 3.67. The molecule has 4 heteroatoms. The van der Waals surface area contributed by atoms with E-state index in [1.54, 1.807) is 12.1 Å². The molecule has 132 valence electrons. The van der Waals surface area contributed by atoms with Gasteiger partial charge in [0, 0.05) is 37.3 Å². The molecule has 1 aliphatic heterocycles. The Bertz CT molecular complexity index is 707. The van der Waals surface area contributed by atoms with Crippen LogP contribution in [0.15, 0.2) is 54.6 Å². The van der Waals surface area contributed by atoms with Gasteiger partial charge in [0.1, 0.15) is 5.82 Å². The first-order valence-corrected chi connectivity index (χ1v) is 8.89. The van der Waals surface area contributed by atoms with Gasteiger partial charge in [-0.1, -0.05) is 36.4 Å². The summed E-state index contributed by atoms with van der Waals surface area (Å²) in [6, 6.07) is 17.0. The quantitative estimate of drug-likeness (QED) is 0.849. The van der Waals surface area contributed by atoms with E-state index in [-0.39, 0.29) is 23.8 Å². The van der Waals surface area contributed by atoms with Crippen LogP contribution in [0.25, 0.3) is 0 Å². The Morgan fingerprint density at radius 1 is 1.04 bits per heavy atom. The van der Waals surface area contributed by atoms with Crippen LogP contribution in [0.3, 0.4) is 0 Å². The van der Waals surface area contributed by atoms with Gasteiger partial charge in [-0.3, -0.25) is 9.69 Å². The lowest BCUT2D eigenvalue weighted by atomic mass is 10.0. The maximum atomic E-state index is 13.4. The van der Waals surface area contributed by atoms with Crippen LogP contribution < -0.4 is 0 Å². The van der Waals surface area contributed by atoms with Gasteiger partial charge in [-0.05, 0) is 44.0 Å². The van der Waals surface area contributed by atoms with Gasteiger partial charge in [-0.15, -0.1) is 0 Å². The van der Waals surface area contributed by atoms with E-state index in [0.717, 1.165) is 13.0 Å². The number of amides is 1. The summed E-state index contributed by atoms with van der Waals surface area (Å²) < 4.78 is 13.4. The van der Waals surface area contributed by atoms with Gasteiger partial charge in [0.05, 0.1) is 0 Å². The Kier molecular flexibility index (Phi) is 5.49. The van der Waals surface area contributed by atoms with Crippen molar-refractivity contribution in [1.82, 2.24) is 9.80 Å². The monoisotopic (exact) mass is 340 g/mol. The van der Waals surface area contributed by atoms with E-state index in [4.69, 9.17) is 0 Å². The molecular formula is C21H25FN2O. The first kappa shape index (κ1) is 17.6. The topological polar surface area (TPSA) is 23.6 Å². The van der Waals surface area contributed by atoms with Gasteiger partial charge in [-0.25, -0.2) is 4.39 Å². The lowest BCUT2D eigenvalue weighted by Crippen LogP contribution is -2.58. The first-order chi connectivity index (χ1) is 12.0. The van der Waals surface area contributed by atoms with E-state index >= 15 is 0 Å². The van der Waals surface area contributed by atoms with Crippen molar-refractivity contribution < 1.29 is 9.18 Å². The number of nitrogens with zero attached hydrogens (tertiary/aromatic N) is 2. The van der Waals surface area contributed by atoms with Crippen LogP contribution in [-0.2, 0) is 6.42 Å². The van der Waals surface area contributed by atoms with Crippen molar-refractivity contribution >= 4 is 5.91 Å². The zero-order chi connectivity index (χ0) is 17.8. The van der Waals surface area contributed by atoms with Crippen LogP contribution in [0.2, 0.25) is 0 Å². The second-order valence-corrected chi connectivity index (χ2v) is 6.89. The molecule has 3 rings (SSSR count). The molecule has 2 aromatic rings. The van der Waals surface area contributed by atoms with Crippen molar-refractivity contribution in [2.45, 2.75) is 32.4 Å². The zero-order valence-corrected chi connectivity index (χ0v) is 14.9. The molecule has 2 atom stereocenters. The minimum Gasteiger partial charge on any atom is -0.336 e. The van der Waals surface area contributed by atoms with Crippen molar-refractivity contribution in [2.75, 3.05) is 19.6 Å². The van der Waals surface area contributed by atoms with E-state index in [9.17, 15) is 9.18 Å². The first-order valence-electron chi connectivity index (χ1n) is 8.89. The summed E-state index contributed by atoms with van der Waals surface area (Å²) in [5.41, 5.74) is 1.76. The number of carbonyl (C=O) groups is 1. The molecular weight excluding hydrogens is 315 g/mol. The Hall–Kier alpha value is -2.20. The lowest BCUT2D eigenvalue weighted by molar-refractivity contribution is 0.0311. The predicted molar refractivity (Wildman–Crippen MR) is 98.1 cm³/mol. The summed E-state index contributed by atoms with van der Waals surface area (Å²) in [4.78, 5) is 17.0. The van der Waals surface area contributed by atoms with Crippen molar-refractivity contribution in [3.63, 3.8) is 0 Å². The van der Waals surface area contributed by atoms with Gasteiger partial charge in [-0.2, -0.15) is 0 Å². The van der Waals surface area contributed by atoms with Crippen LogP contribution in [0.1, 0.15) is 29.8 Å². The van der Waals surface area contributed by atoms with Gasteiger partial charge >= 0.3 is 0 Å². The summed E-state index contributed by atoms with van der Waals surface area (Å²) in [5, 5.41) is 0. The van der Waals surface area contributed by atoms with Crippen LogP contribution in [-0.4, -0.2) is 47.4 Å². The maximum absolute atomic E-state index is 13.4. The number of piperazine rings is 1.